The molecule has 1 nitrogen and oxygen atoms in total. The molecule has 2 heteroatoms. The van der Waals surface area contributed by atoms with Crippen LogP contribution in [-0.2, 0) is 0 Å². The molecule has 0 heterocycles. The van der Waals surface area contributed by atoms with Crippen molar-refractivity contribution in [1.82, 2.24) is 0 Å². The molecule has 15 heavy (non-hydrogen) atoms. The minimum Gasteiger partial charge on any atom is -0.392 e. The lowest BCUT2D eigenvalue weighted by atomic mass is 10.0. The van der Waals surface area contributed by atoms with Gasteiger partial charge in [-0.15, -0.1) is 0 Å². The van der Waals surface area contributed by atoms with Gasteiger partial charge in [0.15, 0.2) is 0 Å². The molecular formula is C13H28OS. The quantitative estimate of drug-likeness (QED) is 0.720. The molecule has 0 aliphatic rings. The van der Waals surface area contributed by atoms with Gasteiger partial charge in [0.05, 0.1) is 6.10 Å². The molecule has 3 unspecified atom stereocenters. The predicted octanol–water partition coefficient (Wildman–Crippen LogP) is 3.81. The molecule has 1 N–H and O–H groups in total. The maximum Gasteiger partial charge on any atom is 0.0658 e. The summed E-state index contributed by atoms with van der Waals surface area (Å²) in [5, 5.41) is 10.3. The molecule has 0 aliphatic heterocycles. The van der Waals surface area contributed by atoms with E-state index in [0.29, 0.717) is 11.2 Å². The van der Waals surface area contributed by atoms with Crippen molar-refractivity contribution in [3.8, 4) is 0 Å². The van der Waals surface area contributed by atoms with Crippen LogP contribution in [0.1, 0.15) is 48.0 Å². The van der Waals surface area contributed by atoms with Gasteiger partial charge in [-0.1, -0.05) is 41.5 Å². The summed E-state index contributed by atoms with van der Waals surface area (Å²) in [6.45, 7) is 13.3. The first-order valence-electron chi connectivity index (χ1n) is 6.19. The summed E-state index contributed by atoms with van der Waals surface area (Å²) < 4.78 is 0. The summed E-state index contributed by atoms with van der Waals surface area (Å²) in [6.07, 6.45) is 0.723. The van der Waals surface area contributed by atoms with Crippen LogP contribution in [0, 0.1) is 17.8 Å². The van der Waals surface area contributed by atoms with Crippen LogP contribution in [0.3, 0.4) is 0 Å². The fraction of sp³-hybridized carbons (Fsp3) is 1.00. The second-order valence-corrected chi connectivity index (χ2v) is 6.45. The van der Waals surface area contributed by atoms with Crippen LogP contribution in [0.4, 0.5) is 0 Å². The number of hydrogen-bond donors (Lipinski definition) is 1. The average Bonchev–Trinajstić information content (AvgIpc) is 2.16. The molecule has 0 fully saturated rings. The second-order valence-electron chi connectivity index (χ2n) is 5.24. The summed E-state index contributed by atoms with van der Waals surface area (Å²) in [4.78, 5) is 0. The molecule has 0 rings (SSSR count). The molecule has 0 aromatic rings. The maximum atomic E-state index is 9.92. The van der Waals surface area contributed by atoms with Crippen molar-refractivity contribution in [2.75, 3.05) is 5.75 Å². The Morgan fingerprint density at radius 1 is 1.00 bits per heavy atom. The van der Waals surface area contributed by atoms with E-state index < -0.39 is 0 Å². The molecular weight excluding hydrogens is 204 g/mol. The zero-order valence-electron chi connectivity index (χ0n) is 11.2. The van der Waals surface area contributed by atoms with Gasteiger partial charge in [0.25, 0.3) is 0 Å². The smallest absolute Gasteiger partial charge is 0.0658 e. The molecule has 0 aromatic heterocycles. The lowest BCUT2D eigenvalue weighted by Gasteiger charge is -2.27. The van der Waals surface area contributed by atoms with Gasteiger partial charge in [-0.2, -0.15) is 11.8 Å². The van der Waals surface area contributed by atoms with Crippen molar-refractivity contribution in [2.24, 2.45) is 17.8 Å². The average molecular weight is 232 g/mol. The van der Waals surface area contributed by atoms with Crippen LogP contribution in [-0.4, -0.2) is 22.2 Å². The highest BCUT2D eigenvalue weighted by molar-refractivity contribution is 7.99. The van der Waals surface area contributed by atoms with Crippen molar-refractivity contribution in [3.63, 3.8) is 0 Å². The Labute approximate surface area is 100 Å². The molecule has 0 amide bonds. The van der Waals surface area contributed by atoms with E-state index in [0.717, 1.165) is 24.0 Å². The first-order valence-corrected chi connectivity index (χ1v) is 7.24. The largest absolute Gasteiger partial charge is 0.392 e. The van der Waals surface area contributed by atoms with Crippen LogP contribution in [0.25, 0.3) is 0 Å². The number of aliphatic hydroxyl groups is 1. The minimum atomic E-state index is -0.144. The fourth-order valence-corrected chi connectivity index (χ4v) is 3.15. The van der Waals surface area contributed by atoms with E-state index in [4.69, 9.17) is 0 Å². The maximum absolute atomic E-state index is 9.92. The lowest BCUT2D eigenvalue weighted by Crippen LogP contribution is -2.28. The molecule has 0 bridgehead atoms. The number of hydrogen-bond acceptors (Lipinski definition) is 2. The Morgan fingerprint density at radius 2 is 1.53 bits per heavy atom. The van der Waals surface area contributed by atoms with Gasteiger partial charge in [0.1, 0.15) is 0 Å². The normalized spacial score (nSPS) is 18.2. The van der Waals surface area contributed by atoms with Crippen molar-refractivity contribution in [3.05, 3.63) is 0 Å². The third kappa shape index (κ3) is 5.82. The van der Waals surface area contributed by atoms with E-state index in [-0.39, 0.29) is 6.10 Å². The summed E-state index contributed by atoms with van der Waals surface area (Å²) in [5.74, 6) is 3.20. The fourth-order valence-electron chi connectivity index (χ4n) is 1.44. The molecule has 0 aliphatic carbocycles. The summed E-state index contributed by atoms with van der Waals surface area (Å²) >= 11 is 1.95. The number of thioether (sulfide) groups is 1. The Morgan fingerprint density at radius 3 is 1.87 bits per heavy atom. The minimum absolute atomic E-state index is 0.144. The first-order chi connectivity index (χ1) is 6.90. The zero-order chi connectivity index (χ0) is 12.0. The number of rotatable bonds is 7. The molecule has 92 valence electrons. The van der Waals surface area contributed by atoms with Crippen LogP contribution in [0.5, 0.6) is 0 Å². The third-order valence-electron chi connectivity index (χ3n) is 3.14. The Balaban J connectivity index is 4.07. The summed E-state index contributed by atoms with van der Waals surface area (Å²) in [6, 6.07) is 0. The third-order valence-corrected chi connectivity index (χ3v) is 5.11. The van der Waals surface area contributed by atoms with Crippen LogP contribution in [0.15, 0.2) is 0 Å². The van der Waals surface area contributed by atoms with E-state index in [1.807, 2.05) is 11.8 Å². The van der Waals surface area contributed by atoms with Crippen molar-refractivity contribution in [2.45, 2.75) is 59.3 Å². The van der Waals surface area contributed by atoms with E-state index in [1.54, 1.807) is 0 Å². The van der Waals surface area contributed by atoms with Gasteiger partial charge >= 0.3 is 0 Å². The van der Waals surface area contributed by atoms with E-state index >= 15 is 0 Å². The topological polar surface area (TPSA) is 20.2 Å². The summed E-state index contributed by atoms with van der Waals surface area (Å²) in [7, 11) is 0. The monoisotopic (exact) mass is 232 g/mol. The van der Waals surface area contributed by atoms with Gasteiger partial charge in [0, 0.05) is 5.25 Å². The highest BCUT2D eigenvalue weighted by Crippen LogP contribution is 2.28. The van der Waals surface area contributed by atoms with Gasteiger partial charge in [-0.3, -0.25) is 0 Å². The Hall–Kier alpha value is 0.310. The zero-order valence-corrected chi connectivity index (χ0v) is 12.0. The van der Waals surface area contributed by atoms with Crippen molar-refractivity contribution in [1.29, 1.82) is 0 Å². The Bertz CT molecular complexity index is 157. The lowest BCUT2D eigenvalue weighted by molar-refractivity contribution is 0.152. The SMILES string of the molecule is CCC(O)C(SCC(C)C(C)C)C(C)C. The predicted molar refractivity (Wildman–Crippen MR) is 71.4 cm³/mol. The van der Waals surface area contributed by atoms with Gasteiger partial charge in [0.2, 0.25) is 0 Å². The standard InChI is InChI=1S/C13H28OS/c1-7-12(14)13(10(4)5)15-8-11(6)9(2)3/h9-14H,7-8H2,1-6H3. The molecule has 0 spiro atoms. The van der Waals surface area contributed by atoms with E-state index in [2.05, 4.69) is 41.5 Å². The van der Waals surface area contributed by atoms with Crippen LogP contribution in [0.2, 0.25) is 0 Å². The summed E-state index contributed by atoms with van der Waals surface area (Å²) in [5.41, 5.74) is 0. The van der Waals surface area contributed by atoms with Crippen molar-refractivity contribution >= 4 is 11.8 Å². The Kier molecular flexibility index (Phi) is 7.72. The van der Waals surface area contributed by atoms with Crippen molar-refractivity contribution < 1.29 is 5.11 Å². The molecule has 0 saturated heterocycles. The molecule has 0 radical (unpaired) electrons. The molecule has 3 atom stereocenters. The highest BCUT2D eigenvalue weighted by atomic mass is 32.2. The van der Waals surface area contributed by atoms with E-state index in [1.165, 1.54) is 0 Å². The van der Waals surface area contributed by atoms with Gasteiger partial charge in [-0.05, 0) is 29.9 Å². The van der Waals surface area contributed by atoms with Gasteiger partial charge < -0.3 is 5.11 Å². The van der Waals surface area contributed by atoms with Crippen LogP contribution < -0.4 is 0 Å². The highest BCUT2D eigenvalue weighted by Gasteiger charge is 2.22. The first kappa shape index (κ1) is 15.3. The molecule has 0 aromatic carbocycles. The second kappa shape index (κ2) is 7.56. The number of aliphatic hydroxyl groups excluding tert-OH is 1. The van der Waals surface area contributed by atoms with Crippen LogP contribution >= 0.6 is 11.8 Å². The van der Waals surface area contributed by atoms with E-state index in [9.17, 15) is 5.11 Å². The van der Waals surface area contributed by atoms with Gasteiger partial charge in [-0.25, -0.2) is 0 Å². The molecule has 0 saturated carbocycles.